The molecule has 0 radical (unpaired) electrons. The molecular weight excluding hydrogens is 387 g/mol. The van der Waals surface area contributed by atoms with Crippen molar-refractivity contribution in [3.8, 4) is 0 Å². The Morgan fingerprint density at radius 1 is 1.00 bits per heavy atom. The fourth-order valence-electron chi connectivity index (χ4n) is 3.30. The number of hydrogen-bond donors (Lipinski definition) is 1. The monoisotopic (exact) mass is 410 g/mol. The molecule has 2 aromatic heterocycles. The van der Waals surface area contributed by atoms with E-state index in [2.05, 4.69) is 30.9 Å². The summed E-state index contributed by atoms with van der Waals surface area (Å²) < 4.78 is 15.4. The number of nitrogens with one attached hydrogen (secondary N) is 1. The number of nitrogens with zero attached hydrogens (tertiary/aromatic N) is 5. The van der Waals surface area contributed by atoms with E-state index in [1.165, 1.54) is 12.1 Å². The Bertz CT molecular complexity index is 1000. The lowest BCUT2D eigenvalue weighted by Crippen LogP contribution is -2.46. The summed E-state index contributed by atoms with van der Waals surface area (Å²) in [5.74, 6) is 0.444. The summed E-state index contributed by atoms with van der Waals surface area (Å²) in [6.07, 6.45) is 5.58. The van der Waals surface area contributed by atoms with Crippen molar-refractivity contribution < 1.29 is 4.39 Å². The number of aromatic nitrogens is 4. The molecule has 3 aromatic rings. The van der Waals surface area contributed by atoms with Gasteiger partial charge < -0.3 is 0 Å². The third-order valence-corrected chi connectivity index (χ3v) is 5.23. The highest BCUT2D eigenvalue weighted by Crippen LogP contribution is 2.10. The van der Waals surface area contributed by atoms with E-state index in [-0.39, 0.29) is 5.82 Å². The highest BCUT2D eigenvalue weighted by molar-refractivity contribution is 7.71. The van der Waals surface area contributed by atoms with Crippen LogP contribution in [0, 0.1) is 10.6 Å². The zero-order valence-electron chi connectivity index (χ0n) is 16.0. The number of H-pyrrole nitrogens is 1. The van der Waals surface area contributed by atoms with Crippen LogP contribution in [0.5, 0.6) is 0 Å². The highest BCUT2D eigenvalue weighted by atomic mass is 32.1. The normalized spacial score (nSPS) is 15.9. The largest absolute Gasteiger partial charge is 0.295 e. The number of halogens is 1. The van der Waals surface area contributed by atoms with Gasteiger partial charge in [0.2, 0.25) is 4.77 Å². The van der Waals surface area contributed by atoms with Crippen molar-refractivity contribution in [3.63, 3.8) is 0 Å². The predicted molar refractivity (Wildman–Crippen MR) is 114 cm³/mol. The van der Waals surface area contributed by atoms with Crippen LogP contribution in [0.1, 0.15) is 17.1 Å². The summed E-state index contributed by atoms with van der Waals surface area (Å²) >= 11 is 5.39. The smallest absolute Gasteiger partial charge is 0.217 e. The van der Waals surface area contributed by atoms with Gasteiger partial charge >= 0.3 is 0 Å². The minimum Gasteiger partial charge on any atom is -0.295 e. The van der Waals surface area contributed by atoms with Gasteiger partial charge in [-0.25, -0.2) is 9.07 Å². The molecule has 6 nitrogen and oxygen atoms in total. The fourth-order valence-corrected chi connectivity index (χ4v) is 3.51. The maximum Gasteiger partial charge on any atom is 0.217 e. The van der Waals surface area contributed by atoms with Gasteiger partial charge in [-0.2, -0.15) is 4.98 Å². The third-order valence-electron chi connectivity index (χ3n) is 4.92. The summed E-state index contributed by atoms with van der Waals surface area (Å²) in [7, 11) is 0. The van der Waals surface area contributed by atoms with Crippen molar-refractivity contribution in [1.82, 2.24) is 29.5 Å². The van der Waals surface area contributed by atoms with Crippen molar-refractivity contribution in [2.45, 2.75) is 13.2 Å². The standard InChI is InChI=1S/C21H23FN6S/c22-18-7-4-17(5-8-18)6-9-20-24-21(29)28(25-20)16-27-13-11-26(12-14-27)15-19-3-1-2-10-23-19/h1-10H,11-16H2,(H,24,25,29)/b9-6+. The number of rotatable bonds is 6. The molecule has 0 aliphatic carbocycles. The summed E-state index contributed by atoms with van der Waals surface area (Å²) in [4.78, 5) is 13.6. The van der Waals surface area contributed by atoms with Crippen molar-refractivity contribution in [1.29, 1.82) is 0 Å². The molecule has 29 heavy (non-hydrogen) atoms. The first-order valence-corrected chi connectivity index (χ1v) is 10.0. The van der Waals surface area contributed by atoms with Gasteiger partial charge in [-0.3, -0.25) is 19.9 Å². The van der Waals surface area contributed by atoms with E-state index in [0.717, 1.165) is 44.0 Å². The average molecular weight is 411 g/mol. The van der Waals surface area contributed by atoms with E-state index >= 15 is 0 Å². The van der Waals surface area contributed by atoms with Gasteiger partial charge in [-0.05, 0) is 48.1 Å². The van der Waals surface area contributed by atoms with E-state index in [0.29, 0.717) is 17.3 Å². The van der Waals surface area contributed by atoms with Gasteiger partial charge in [0.15, 0.2) is 0 Å². The summed E-state index contributed by atoms with van der Waals surface area (Å²) in [6.45, 7) is 5.50. The quantitative estimate of drug-likeness (QED) is 0.631. The number of hydrogen-bond acceptors (Lipinski definition) is 5. The zero-order valence-corrected chi connectivity index (χ0v) is 16.9. The van der Waals surface area contributed by atoms with Crippen molar-refractivity contribution in [3.05, 3.63) is 76.3 Å². The van der Waals surface area contributed by atoms with Crippen LogP contribution in [0.15, 0.2) is 48.7 Å². The molecule has 0 bridgehead atoms. The van der Waals surface area contributed by atoms with Crippen molar-refractivity contribution in [2.24, 2.45) is 0 Å². The summed E-state index contributed by atoms with van der Waals surface area (Å²) in [5.41, 5.74) is 2.01. The number of pyridine rings is 1. The molecule has 1 aliphatic heterocycles. The fraction of sp³-hybridized carbons (Fsp3) is 0.286. The maximum atomic E-state index is 13.0. The Kier molecular flexibility index (Phi) is 6.24. The van der Waals surface area contributed by atoms with E-state index in [1.807, 2.05) is 35.2 Å². The Morgan fingerprint density at radius 3 is 2.48 bits per heavy atom. The summed E-state index contributed by atoms with van der Waals surface area (Å²) in [6, 6.07) is 12.4. The van der Waals surface area contributed by atoms with Crippen LogP contribution in [0.3, 0.4) is 0 Å². The van der Waals surface area contributed by atoms with E-state index < -0.39 is 0 Å². The lowest BCUT2D eigenvalue weighted by molar-refractivity contribution is 0.0974. The molecule has 0 spiro atoms. The van der Waals surface area contributed by atoms with Gasteiger partial charge in [-0.15, -0.1) is 0 Å². The average Bonchev–Trinajstić information content (AvgIpc) is 3.09. The van der Waals surface area contributed by atoms with E-state index in [9.17, 15) is 4.39 Å². The molecule has 150 valence electrons. The van der Waals surface area contributed by atoms with Crippen LogP contribution in [-0.2, 0) is 13.2 Å². The number of aromatic amines is 1. The Labute approximate surface area is 174 Å². The van der Waals surface area contributed by atoms with Gasteiger partial charge in [-0.1, -0.05) is 24.3 Å². The van der Waals surface area contributed by atoms with E-state index in [1.54, 1.807) is 12.1 Å². The molecule has 1 aromatic carbocycles. The van der Waals surface area contributed by atoms with Gasteiger partial charge in [0.25, 0.3) is 0 Å². The molecule has 1 fully saturated rings. The highest BCUT2D eigenvalue weighted by Gasteiger charge is 2.18. The molecule has 3 heterocycles. The molecule has 8 heteroatoms. The van der Waals surface area contributed by atoms with Gasteiger partial charge in [0.05, 0.1) is 12.4 Å². The lowest BCUT2D eigenvalue weighted by Gasteiger charge is -2.34. The van der Waals surface area contributed by atoms with E-state index in [4.69, 9.17) is 12.2 Å². The lowest BCUT2D eigenvalue weighted by atomic mass is 10.2. The SMILES string of the molecule is Fc1ccc(/C=C/c2nc(=S)n(CN3CCN(Cc4ccccn4)CC3)[nH]2)cc1. The Hall–Kier alpha value is -2.68. The van der Waals surface area contributed by atoms with Gasteiger partial charge in [0, 0.05) is 38.9 Å². The molecule has 0 amide bonds. The Balaban J connectivity index is 1.31. The van der Waals surface area contributed by atoms with Crippen LogP contribution in [0.4, 0.5) is 4.39 Å². The second-order valence-corrected chi connectivity index (χ2v) is 7.43. The molecule has 0 saturated carbocycles. The van der Waals surface area contributed by atoms with Gasteiger partial charge in [0.1, 0.15) is 11.6 Å². The molecule has 1 aliphatic rings. The first kappa shape index (κ1) is 19.6. The molecule has 0 atom stereocenters. The first-order valence-electron chi connectivity index (χ1n) is 9.61. The topological polar surface area (TPSA) is 53.0 Å². The van der Waals surface area contributed by atoms with Crippen LogP contribution in [0.25, 0.3) is 12.2 Å². The molecule has 1 saturated heterocycles. The van der Waals surface area contributed by atoms with Crippen LogP contribution < -0.4 is 0 Å². The second-order valence-electron chi connectivity index (χ2n) is 7.06. The molecule has 0 unspecified atom stereocenters. The zero-order chi connectivity index (χ0) is 20.1. The summed E-state index contributed by atoms with van der Waals surface area (Å²) in [5, 5.41) is 3.24. The minimum atomic E-state index is -0.244. The Morgan fingerprint density at radius 2 is 1.76 bits per heavy atom. The van der Waals surface area contributed by atoms with Crippen molar-refractivity contribution >= 4 is 24.4 Å². The predicted octanol–water partition coefficient (Wildman–Crippen LogP) is 3.42. The number of piperazine rings is 1. The molecular formula is C21H23FN6S. The molecule has 1 N–H and O–H groups in total. The second kappa shape index (κ2) is 9.21. The van der Waals surface area contributed by atoms with Crippen LogP contribution >= 0.6 is 12.2 Å². The first-order chi connectivity index (χ1) is 14.2. The maximum absolute atomic E-state index is 13.0. The third kappa shape index (κ3) is 5.44. The van der Waals surface area contributed by atoms with Crippen LogP contribution in [0.2, 0.25) is 0 Å². The number of benzene rings is 1. The minimum absolute atomic E-state index is 0.244. The molecule has 4 rings (SSSR count). The van der Waals surface area contributed by atoms with Crippen molar-refractivity contribution in [2.75, 3.05) is 26.2 Å². The van der Waals surface area contributed by atoms with Crippen LogP contribution in [-0.4, -0.2) is 55.7 Å².